The van der Waals surface area contributed by atoms with Gasteiger partial charge in [0, 0.05) is 11.1 Å². The molecule has 1 aromatic rings. The van der Waals surface area contributed by atoms with Gasteiger partial charge in [0.15, 0.2) is 0 Å². The summed E-state index contributed by atoms with van der Waals surface area (Å²) in [6.07, 6.45) is 5.48. The number of aromatic hydroxyl groups is 1. The van der Waals surface area contributed by atoms with Gasteiger partial charge < -0.3 is 15.6 Å². The molecule has 1 aromatic carbocycles. The lowest BCUT2D eigenvalue weighted by Crippen LogP contribution is -2.38. The van der Waals surface area contributed by atoms with E-state index < -0.39 is 0 Å². The molecule has 0 bridgehead atoms. The molecule has 2 rings (SSSR count). The van der Waals surface area contributed by atoms with Crippen molar-refractivity contribution in [3.63, 3.8) is 0 Å². The Balaban J connectivity index is 2.40. The Kier molecular flexibility index (Phi) is 3.06. The van der Waals surface area contributed by atoms with Crippen LogP contribution >= 0.6 is 0 Å². The second-order valence-corrected chi connectivity index (χ2v) is 4.60. The lowest BCUT2D eigenvalue weighted by Gasteiger charge is -2.34. The lowest BCUT2D eigenvalue weighted by atomic mass is 9.77. The van der Waals surface area contributed by atoms with Gasteiger partial charge in [-0.05, 0) is 31.0 Å². The van der Waals surface area contributed by atoms with Crippen LogP contribution in [0.1, 0.15) is 37.7 Å². The monoisotopic (exact) mass is 221 g/mol. The molecule has 0 amide bonds. The summed E-state index contributed by atoms with van der Waals surface area (Å²) >= 11 is 0. The smallest absolute Gasteiger partial charge is 0.124 e. The molecule has 3 N–H and O–H groups in total. The Bertz CT molecular complexity index is 370. The van der Waals surface area contributed by atoms with Crippen LogP contribution in [0.15, 0.2) is 18.2 Å². The normalized spacial score (nSPS) is 19.4. The van der Waals surface area contributed by atoms with E-state index in [-0.39, 0.29) is 11.3 Å². The zero-order chi connectivity index (χ0) is 11.6. The average Bonchev–Trinajstić information content (AvgIpc) is 2.30. The number of rotatable bonds is 2. The van der Waals surface area contributed by atoms with Gasteiger partial charge in [-0.1, -0.05) is 19.3 Å². The summed E-state index contributed by atoms with van der Waals surface area (Å²) in [6.45, 7) is 0. The number of methoxy groups -OCH3 is 1. The van der Waals surface area contributed by atoms with Crippen molar-refractivity contribution in [2.45, 2.75) is 37.6 Å². The van der Waals surface area contributed by atoms with E-state index in [0.29, 0.717) is 0 Å². The van der Waals surface area contributed by atoms with Crippen LogP contribution in [-0.4, -0.2) is 12.2 Å². The van der Waals surface area contributed by atoms with E-state index in [2.05, 4.69) is 0 Å². The van der Waals surface area contributed by atoms with Crippen molar-refractivity contribution in [2.75, 3.05) is 7.11 Å². The quantitative estimate of drug-likeness (QED) is 0.806. The zero-order valence-electron chi connectivity index (χ0n) is 9.70. The highest BCUT2D eigenvalue weighted by molar-refractivity contribution is 5.44. The molecule has 1 aliphatic rings. The lowest BCUT2D eigenvalue weighted by molar-refractivity contribution is 0.287. The van der Waals surface area contributed by atoms with Crippen molar-refractivity contribution in [3.8, 4) is 11.5 Å². The van der Waals surface area contributed by atoms with Crippen molar-refractivity contribution in [1.29, 1.82) is 0 Å². The molecule has 16 heavy (non-hydrogen) atoms. The SMILES string of the molecule is COc1ccc(O)cc1C1(N)CCCCC1. The van der Waals surface area contributed by atoms with E-state index in [1.807, 2.05) is 0 Å². The maximum atomic E-state index is 9.57. The fourth-order valence-corrected chi connectivity index (χ4v) is 2.54. The van der Waals surface area contributed by atoms with E-state index in [1.165, 1.54) is 6.42 Å². The highest BCUT2D eigenvalue weighted by Gasteiger charge is 2.32. The topological polar surface area (TPSA) is 55.5 Å². The number of hydrogen-bond acceptors (Lipinski definition) is 3. The van der Waals surface area contributed by atoms with Gasteiger partial charge in [-0.15, -0.1) is 0 Å². The second kappa shape index (κ2) is 4.34. The van der Waals surface area contributed by atoms with Gasteiger partial charge in [0.25, 0.3) is 0 Å². The van der Waals surface area contributed by atoms with Crippen LogP contribution in [0.5, 0.6) is 11.5 Å². The highest BCUT2D eigenvalue weighted by Crippen LogP contribution is 2.40. The summed E-state index contributed by atoms with van der Waals surface area (Å²) in [5.74, 6) is 1.04. The summed E-state index contributed by atoms with van der Waals surface area (Å²) in [7, 11) is 1.64. The van der Waals surface area contributed by atoms with Gasteiger partial charge in [0.2, 0.25) is 0 Å². The van der Waals surface area contributed by atoms with Gasteiger partial charge in [-0.25, -0.2) is 0 Å². The summed E-state index contributed by atoms with van der Waals surface area (Å²) in [6, 6.07) is 5.16. The molecule has 0 unspecified atom stereocenters. The molecule has 0 aromatic heterocycles. The Morgan fingerprint density at radius 2 is 1.94 bits per heavy atom. The van der Waals surface area contributed by atoms with Crippen molar-refractivity contribution in [2.24, 2.45) is 5.73 Å². The maximum Gasteiger partial charge on any atom is 0.124 e. The molecule has 0 aliphatic heterocycles. The highest BCUT2D eigenvalue weighted by atomic mass is 16.5. The first-order valence-electron chi connectivity index (χ1n) is 5.82. The first-order valence-corrected chi connectivity index (χ1v) is 5.82. The minimum atomic E-state index is -0.331. The minimum Gasteiger partial charge on any atom is -0.508 e. The molecule has 0 atom stereocenters. The minimum absolute atomic E-state index is 0.256. The molecule has 1 fully saturated rings. The molecule has 88 valence electrons. The van der Waals surface area contributed by atoms with Crippen LogP contribution in [0.3, 0.4) is 0 Å². The Labute approximate surface area is 96.2 Å². The molecule has 0 heterocycles. The number of phenols is 1. The van der Waals surface area contributed by atoms with Crippen LogP contribution in [0.25, 0.3) is 0 Å². The molecule has 1 aliphatic carbocycles. The molecule has 0 radical (unpaired) electrons. The average molecular weight is 221 g/mol. The van der Waals surface area contributed by atoms with E-state index in [9.17, 15) is 5.11 Å². The van der Waals surface area contributed by atoms with Crippen LogP contribution in [-0.2, 0) is 5.54 Å². The maximum absolute atomic E-state index is 9.57. The van der Waals surface area contributed by atoms with Gasteiger partial charge >= 0.3 is 0 Å². The Hall–Kier alpha value is -1.22. The third-order valence-corrected chi connectivity index (χ3v) is 3.47. The van der Waals surface area contributed by atoms with E-state index in [0.717, 1.165) is 37.0 Å². The zero-order valence-corrected chi connectivity index (χ0v) is 9.70. The van der Waals surface area contributed by atoms with Crippen LogP contribution < -0.4 is 10.5 Å². The number of hydrogen-bond donors (Lipinski definition) is 2. The predicted molar refractivity (Wildman–Crippen MR) is 63.6 cm³/mol. The van der Waals surface area contributed by atoms with Crippen LogP contribution in [0, 0.1) is 0 Å². The van der Waals surface area contributed by atoms with Gasteiger partial charge in [-0.2, -0.15) is 0 Å². The number of benzene rings is 1. The second-order valence-electron chi connectivity index (χ2n) is 4.60. The molecular weight excluding hydrogens is 202 g/mol. The first-order chi connectivity index (χ1) is 7.65. The third-order valence-electron chi connectivity index (χ3n) is 3.47. The third kappa shape index (κ3) is 2.00. The van der Waals surface area contributed by atoms with Gasteiger partial charge in [0.05, 0.1) is 7.11 Å². The van der Waals surface area contributed by atoms with Crippen LogP contribution in [0.4, 0.5) is 0 Å². The summed E-state index contributed by atoms with van der Waals surface area (Å²) in [4.78, 5) is 0. The molecule has 3 nitrogen and oxygen atoms in total. The summed E-state index contributed by atoms with van der Waals surface area (Å²) < 4.78 is 5.33. The van der Waals surface area contributed by atoms with E-state index in [1.54, 1.807) is 25.3 Å². The number of phenolic OH excluding ortho intramolecular Hbond substituents is 1. The largest absolute Gasteiger partial charge is 0.508 e. The van der Waals surface area contributed by atoms with E-state index in [4.69, 9.17) is 10.5 Å². The molecule has 3 heteroatoms. The Morgan fingerprint density at radius 3 is 2.56 bits per heavy atom. The van der Waals surface area contributed by atoms with Crippen molar-refractivity contribution >= 4 is 0 Å². The number of nitrogens with two attached hydrogens (primary N) is 1. The number of ether oxygens (including phenoxy) is 1. The van der Waals surface area contributed by atoms with Crippen molar-refractivity contribution in [1.82, 2.24) is 0 Å². The molecular formula is C13H19NO2. The standard InChI is InChI=1S/C13H19NO2/c1-16-12-6-5-10(15)9-11(12)13(14)7-3-2-4-8-13/h5-6,9,15H,2-4,7-8,14H2,1H3. The molecule has 0 saturated heterocycles. The van der Waals surface area contributed by atoms with Crippen molar-refractivity contribution in [3.05, 3.63) is 23.8 Å². The molecule has 0 spiro atoms. The fraction of sp³-hybridized carbons (Fsp3) is 0.538. The van der Waals surface area contributed by atoms with Gasteiger partial charge in [-0.3, -0.25) is 0 Å². The van der Waals surface area contributed by atoms with E-state index >= 15 is 0 Å². The van der Waals surface area contributed by atoms with Crippen molar-refractivity contribution < 1.29 is 9.84 Å². The summed E-state index contributed by atoms with van der Waals surface area (Å²) in [5.41, 5.74) is 7.04. The van der Waals surface area contributed by atoms with Crippen LogP contribution in [0.2, 0.25) is 0 Å². The Morgan fingerprint density at radius 1 is 1.25 bits per heavy atom. The predicted octanol–water partition coefficient (Wildman–Crippen LogP) is 2.52. The first kappa shape index (κ1) is 11.3. The van der Waals surface area contributed by atoms with Gasteiger partial charge in [0.1, 0.15) is 11.5 Å². The fourth-order valence-electron chi connectivity index (χ4n) is 2.54. The molecule has 1 saturated carbocycles. The summed E-state index contributed by atoms with van der Waals surface area (Å²) in [5, 5.41) is 9.57.